The molecule has 0 saturated carbocycles. The molecule has 6 heteroatoms. The van der Waals surface area contributed by atoms with Gasteiger partial charge in [0, 0.05) is 26.2 Å². The summed E-state index contributed by atoms with van der Waals surface area (Å²) < 4.78 is 5.16. The van der Waals surface area contributed by atoms with E-state index >= 15 is 0 Å². The van der Waals surface area contributed by atoms with Crippen LogP contribution in [0.25, 0.3) is 0 Å². The van der Waals surface area contributed by atoms with Crippen molar-refractivity contribution in [2.24, 2.45) is 10.9 Å². The van der Waals surface area contributed by atoms with E-state index < -0.39 is 0 Å². The zero-order chi connectivity index (χ0) is 19.3. The van der Waals surface area contributed by atoms with Crippen LogP contribution >= 0.6 is 0 Å². The van der Waals surface area contributed by atoms with Gasteiger partial charge >= 0.3 is 5.97 Å². The van der Waals surface area contributed by atoms with Crippen LogP contribution in [0.15, 0.2) is 4.99 Å². The Morgan fingerprint density at radius 3 is 2.44 bits per heavy atom. The number of unbranched alkanes of at least 4 members (excludes halogenated alkanes) is 2. The minimum absolute atomic E-state index is 0.0344. The van der Waals surface area contributed by atoms with Crippen LogP contribution in [0.3, 0.4) is 0 Å². The van der Waals surface area contributed by atoms with Crippen LogP contribution in [-0.2, 0) is 9.53 Å². The lowest BCUT2D eigenvalue weighted by Gasteiger charge is -2.33. The molecule has 0 spiro atoms. The topological polar surface area (TPSA) is 57.2 Å². The number of carbonyl (C=O) groups excluding carboxylic acids is 1. The lowest BCUT2D eigenvalue weighted by atomic mass is 9.97. The first-order valence-corrected chi connectivity index (χ1v) is 11.2. The standard InChI is InChI=1S/C21H40N4O2/c1-3-22-21(25-17-11-19(12-18-25)20(26)27-4-2)23-13-7-5-8-14-24-15-9-6-10-16-24/h19H,3-18H2,1-2H3,(H,22,23). The number of hydrogen-bond donors (Lipinski definition) is 1. The van der Waals surface area contributed by atoms with Crippen LogP contribution in [0.2, 0.25) is 0 Å². The third kappa shape index (κ3) is 8.08. The molecule has 2 heterocycles. The number of aliphatic imine (C=N–C) groups is 1. The highest BCUT2D eigenvalue weighted by molar-refractivity contribution is 5.80. The van der Waals surface area contributed by atoms with Crippen LogP contribution in [0.4, 0.5) is 0 Å². The number of piperidine rings is 2. The number of hydrogen-bond acceptors (Lipinski definition) is 4. The average molecular weight is 381 g/mol. The van der Waals surface area contributed by atoms with Crippen molar-refractivity contribution in [3.8, 4) is 0 Å². The van der Waals surface area contributed by atoms with Gasteiger partial charge < -0.3 is 19.9 Å². The van der Waals surface area contributed by atoms with E-state index in [-0.39, 0.29) is 11.9 Å². The number of carbonyl (C=O) groups is 1. The molecule has 0 unspecified atom stereocenters. The minimum atomic E-state index is -0.0344. The van der Waals surface area contributed by atoms with Crippen molar-refractivity contribution in [1.82, 2.24) is 15.1 Å². The fraction of sp³-hybridized carbons (Fsp3) is 0.905. The molecule has 0 amide bonds. The SMILES string of the molecule is CCNC(=NCCCCCN1CCCCC1)N1CCC(C(=O)OCC)CC1. The molecule has 0 radical (unpaired) electrons. The molecule has 2 fully saturated rings. The van der Waals surface area contributed by atoms with Gasteiger partial charge in [-0.2, -0.15) is 0 Å². The van der Waals surface area contributed by atoms with Crippen LogP contribution < -0.4 is 5.32 Å². The predicted molar refractivity (Wildman–Crippen MR) is 111 cm³/mol. The van der Waals surface area contributed by atoms with Gasteiger partial charge in [0.05, 0.1) is 12.5 Å². The van der Waals surface area contributed by atoms with E-state index in [1.807, 2.05) is 6.92 Å². The first kappa shape index (κ1) is 22.0. The molecule has 2 aliphatic rings. The van der Waals surface area contributed by atoms with Crippen LogP contribution in [-0.4, -0.2) is 74.1 Å². The second-order valence-electron chi connectivity index (χ2n) is 7.71. The van der Waals surface area contributed by atoms with Crippen LogP contribution in [0.1, 0.15) is 65.2 Å². The van der Waals surface area contributed by atoms with E-state index in [9.17, 15) is 4.79 Å². The third-order valence-electron chi connectivity index (χ3n) is 5.59. The summed E-state index contributed by atoms with van der Waals surface area (Å²) in [6.07, 6.45) is 9.59. The quantitative estimate of drug-likeness (QED) is 0.288. The Balaban J connectivity index is 1.65. The summed E-state index contributed by atoms with van der Waals surface area (Å²) in [6.45, 7) is 11.8. The van der Waals surface area contributed by atoms with E-state index in [1.54, 1.807) is 0 Å². The fourth-order valence-electron chi connectivity index (χ4n) is 4.00. The van der Waals surface area contributed by atoms with Gasteiger partial charge in [-0.15, -0.1) is 0 Å². The van der Waals surface area contributed by atoms with Crippen molar-refractivity contribution < 1.29 is 9.53 Å². The molecule has 0 bridgehead atoms. The number of rotatable bonds is 9. The number of nitrogens with zero attached hydrogens (tertiary/aromatic N) is 3. The second kappa shape index (κ2) is 13.0. The van der Waals surface area contributed by atoms with Crippen molar-refractivity contribution in [3.63, 3.8) is 0 Å². The highest BCUT2D eigenvalue weighted by atomic mass is 16.5. The number of guanidine groups is 1. The summed E-state index contributed by atoms with van der Waals surface area (Å²) in [4.78, 5) is 21.6. The molecule has 2 rings (SSSR count). The first-order chi connectivity index (χ1) is 13.2. The first-order valence-electron chi connectivity index (χ1n) is 11.2. The summed E-state index contributed by atoms with van der Waals surface area (Å²) in [5.74, 6) is 1.03. The van der Waals surface area contributed by atoms with E-state index in [2.05, 4.69) is 22.0 Å². The van der Waals surface area contributed by atoms with Crippen molar-refractivity contribution in [3.05, 3.63) is 0 Å². The number of ether oxygens (including phenoxy) is 1. The molecule has 0 aliphatic carbocycles. The molecule has 1 N–H and O–H groups in total. The Kier molecular flexibility index (Phi) is 10.6. The fourth-order valence-corrected chi connectivity index (χ4v) is 4.00. The van der Waals surface area contributed by atoms with Gasteiger partial charge in [-0.25, -0.2) is 0 Å². The smallest absolute Gasteiger partial charge is 0.309 e. The normalized spacial score (nSPS) is 19.9. The average Bonchev–Trinajstić information content (AvgIpc) is 2.71. The maximum absolute atomic E-state index is 11.9. The summed E-state index contributed by atoms with van der Waals surface area (Å²) in [7, 11) is 0. The molecule has 2 saturated heterocycles. The lowest BCUT2D eigenvalue weighted by Crippen LogP contribution is -2.46. The highest BCUT2D eigenvalue weighted by Crippen LogP contribution is 2.19. The molecular weight excluding hydrogens is 340 g/mol. The summed E-state index contributed by atoms with van der Waals surface area (Å²) in [5.41, 5.74) is 0. The maximum Gasteiger partial charge on any atom is 0.309 e. The Hall–Kier alpha value is -1.30. The van der Waals surface area contributed by atoms with Crippen molar-refractivity contribution in [2.45, 2.75) is 65.2 Å². The number of likely N-dealkylation sites (tertiary alicyclic amines) is 2. The number of esters is 1. The molecule has 0 aromatic carbocycles. The van der Waals surface area contributed by atoms with E-state index in [0.717, 1.165) is 51.4 Å². The Bertz CT molecular complexity index is 441. The van der Waals surface area contributed by atoms with Crippen LogP contribution in [0.5, 0.6) is 0 Å². The molecule has 2 aliphatic heterocycles. The monoisotopic (exact) mass is 380 g/mol. The summed E-state index contributed by atoms with van der Waals surface area (Å²) in [5, 5.41) is 3.42. The Morgan fingerprint density at radius 1 is 1.04 bits per heavy atom. The number of nitrogens with one attached hydrogen (secondary N) is 1. The van der Waals surface area contributed by atoms with Crippen molar-refractivity contribution in [2.75, 3.05) is 52.4 Å². The predicted octanol–water partition coefficient (Wildman–Crippen LogP) is 2.88. The van der Waals surface area contributed by atoms with E-state index in [1.165, 1.54) is 51.7 Å². The molecule has 27 heavy (non-hydrogen) atoms. The van der Waals surface area contributed by atoms with Gasteiger partial charge in [0.25, 0.3) is 0 Å². The minimum Gasteiger partial charge on any atom is -0.466 e. The second-order valence-corrected chi connectivity index (χ2v) is 7.71. The highest BCUT2D eigenvalue weighted by Gasteiger charge is 2.27. The van der Waals surface area contributed by atoms with Gasteiger partial charge in [0.15, 0.2) is 5.96 Å². The van der Waals surface area contributed by atoms with Gasteiger partial charge in [-0.3, -0.25) is 9.79 Å². The molecule has 0 atom stereocenters. The summed E-state index contributed by atoms with van der Waals surface area (Å²) >= 11 is 0. The van der Waals surface area contributed by atoms with Gasteiger partial charge in [-0.05, 0) is 72.0 Å². The van der Waals surface area contributed by atoms with E-state index in [4.69, 9.17) is 9.73 Å². The van der Waals surface area contributed by atoms with Gasteiger partial charge in [0.2, 0.25) is 0 Å². The van der Waals surface area contributed by atoms with E-state index in [0.29, 0.717) is 6.61 Å². The molecular formula is C21H40N4O2. The molecule has 156 valence electrons. The van der Waals surface area contributed by atoms with Crippen molar-refractivity contribution in [1.29, 1.82) is 0 Å². The van der Waals surface area contributed by atoms with Gasteiger partial charge in [0.1, 0.15) is 0 Å². The Labute approximate surface area is 165 Å². The van der Waals surface area contributed by atoms with Gasteiger partial charge in [-0.1, -0.05) is 12.8 Å². The third-order valence-corrected chi connectivity index (χ3v) is 5.59. The van der Waals surface area contributed by atoms with Crippen molar-refractivity contribution >= 4 is 11.9 Å². The molecule has 6 nitrogen and oxygen atoms in total. The Morgan fingerprint density at radius 2 is 1.78 bits per heavy atom. The zero-order valence-electron chi connectivity index (χ0n) is 17.5. The summed E-state index contributed by atoms with van der Waals surface area (Å²) in [6, 6.07) is 0. The van der Waals surface area contributed by atoms with Crippen LogP contribution in [0, 0.1) is 5.92 Å². The lowest BCUT2D eigenvalue weighted by molar-refractivity contribution is -0.149. The molecule has 0 aromatic rings. The zero-order valence-corrected chi connectivity index (χ0v) is 17.5. The largest absolute Gasteiger partial charge is 0.466 e. The molecule has 0 aromatic heterocycles. The maximum atomic E-state index is 11.9.